The van der Waals surface area contributed by atoms with Crippen molar-refractivity contribution in [1.29, 1.82) is 0 Å². The zero-order valence-corrected chi connectivity index (χ0v) is 8.46. The van der Waals surface area contributed by atoms with Gasteiger partial charge in [-0.3, -0.25) is 9.36 Å². The van der Waals surface area contributed by atoms with E-state index in [-0.39, 0.29) is 5.91 Å². The Morgan fingerprint density at radius 2 is 1.94 bits per heavy atom. The van der Waals surface area contributed by atoms with E-state index < -0.39 is 0 Å². The van der Waals surface area contributed by atoms with Crippen molar-refractivity contribution in [3.8, 4) is 0 Å². The van der Waals surface area contributed by atoms with Crippen LogP contribution in [0.3, 0.4) is 0 Å². The van der Waals surface area contributed by atoms with Gasteiger partial charge in [0.15, 0.2) is 5.76 Å². The summed E-state index contributed by atoms with van der Waals surface area (Å²) in [5.41, 5.74) is 0.893. The SMILES string of the molecule is O=C(c1ccco1)n1ccc2ccccc21. The van der Waals surface area contributed by atoms with Crippen molar-refractivity contribution in [2.24, 2.45) is 0 Å². The van der Waals surface area contributed by atoms with Crippen LogP contribution in [0.4, 0.5) is 0 Å². The number of nitrogens with zero attached hydrogens (tertiary/aromatic N) is 1. The lowest BCUT2D eigenvalue weighted by Crippen LogP contribution is -2.09. The molecule has 16 heavy (non-hydrogen) atoms. The van der Waals surface area contributed by atoms with Crippen molar-refractivity contribution >= 4 is 16.8 Å². The number of para-hydroxylation sites is 1. The van der Waals surface area contributed by atoms with Crippen molar-refractivity contribution in [3.05, 3.63) is 60.7 Å². The smallest absolute Gasteiger partial charge is 0.298 e. The summed E-state index contributed by atoms with van der Waals surface area (Å²) >= 11 is 0. The van der Waals surface area contributed by atoms with Gasteiger partial charge in [0.25, 0.3) is 5.91 Å². The Morgan fingerprint density at radius 1 is 1.06 bits per heavy atom. The van der Waals surface area contributed by atoms with Gasteiger partial charge in [-0.05, 0) is 24.3 Å². The number of carbonyl (C=O) groups is 1. The molecule has 3 aromatic rings. The van der Waals surface area contributed by atoms with Crippen molar-refractivity contribution in [1.82, 2.24) is 4.57 Å². The van der Waals surface area contributed by atoms with E-state index >= 15 is 0 Å². The average Bonchev–Trinajstić information content (AvgIpc) is 2.98. The zero-order valence-electron chi connectivity index (χ0n) is 8.46. The minimum absolute atomic E-state index is 0.147. The van der Waals surface area contributed by atoms with Gasteiger partial charge in [-0.15, -0.1) is 0 Å². The maximum absolute atomic E-state index is 12.1. The van der Waals surface area contributed by atoms with Gasteiger partial charge >= 0.3 is 0 Å². The lowest BCUT2D eigenvalue weighted by Gasteiger charge is -2.00. The van der Waals surface area contributed by atoms with E-state index in [1.807, 2.05) is 30.3 Å². The molecule has 3 heteroatoms. The third-order valence-electron chi connectivity index (χ3n) is 2.55. The highest BCUT2D eigenvalue weighted by molar-refractivity contribution is 6.00. The minimum atomic E-state index is -0.147. The summed E-state index contributed by atoms with van der Waals surface area (Å²) in [7, 11) is 0. The van der Waals surface area contributed by atoms with Crippen molar-refractivity contribution < 1.29 is 9.21 Å². The van der Waals surface area contributed by atoms with Crippen molar-refractivity contribution in [3.63, 3.8) is 0 Å². The van der Waals surface area contributed by atoms with E-state index in [0.717, 1.165) is 10.9 Å². The molecule has 3 nitrogen and oxygen atoms in total. The second kappa shape index (κ2) is 3.38. The summed E-state index contributed by atoms with van der Waals surface area (Å²) < 4.78 is 6.69. The predicted molar refractivity (Wildman–Crippen MR) is 60.4 cm³/mol. The molecule has 0 aliphatic rings. The standard InChI is InChI=1S/C13H9NO2/c15-13(12-6-3-9-16-12)14-8-7-10-4-1-2-5-11(10)14/h1-9H. The maximum Gasteiger partial charge on any atom is 0.298 e. The van der Waals surface area contributed by atoms with Crippen LogP contribution in [0.15, 0.2) is 59.3 Å². The fourth-order valence-corrected chi connectivity index (χ4v) is 1.78. The van der Waals surface area contributed by atoms with Gasteiger partial charge in [0.2, 0.25) is 0 Å². The number of carbonyl (C=O) groups excluding carboxylic acids is 1. The molecule has 0 N–H and O–H groups in total. The Bertz CT molecular complexity index is 635. The van der Waals surface area contributed by atoms with Gasteiger partial charge < -0.3 is 4.42 Å². The number of hydrogen-bond donors (Lipinski definition) is 0. The van der Waals surface area contributed by atoms with Gasteiger partial charge in [-0.25, -0.2) is 0 Å². The number of fused-ring (bicyclic) bond motifs is 1. The molecule has 0 aliphatic carbocycles. The number of rotatable bonds is 1. The molecule has 0 radical (unpaired) electrons. The molecule has 0 fully saturated rings. The quantitative estimate of drug-likeness (QED) is 0.620. The van der Waals surface area contributed by atoms with Crippen LogP contribution in [-0.2, 0) is 0 Å². The maximum atomic E-state index is 12.1. The van der Waals surface area contributed by atoms with E-state index in [0.29, 0.717) is 5.76 Å². The Labute approximate surface area is 91.9 Å². The van der Waals surface area contributed by atoms with Gasteiger partial charge in [-0.1, -0.05) is 18.2 Å². The van der Waals surface area contributed by atoms with Crippen LogP contribution in [0.2, 0.25) is 0 Å². The van der Waals surface area contributed by atoms with Crippen LogP contribution in [0.1, 0.15) is 10.6 Å². The first-order valence-electron chi connectivity index (χ1n) is 5.00. The van der Waals surface area contributed by atoms with E-state index in [1.165, 1.54) is 6.26 Å². The lowest BCUT2D eigenvalue weighted by atomic mass is 10.2. The molecule has 2 heterocycles. The first-order valence-corrected chi connectivity index (χ1v) is 5.00. The fraction of sp³-hybridized carbons (Fsp3) is 0. The Kier molecular flexibility index (Phi) is 1.90. The summed E-state index contributed by atoms with van der Waals surface area (Å²) in [5.74, 6) is 0.201. The third kappa shape index (κ3) is 1.26. The van der Waals surface area contributed by atoms with Crippen LogP contribution in [0.5, 0.6) is 0 Å². The molecular formula is C13H9NO2. The third-order valence-corrected chi connectivity index (χ3v) is 2.55. The fourth-order valence-electron chi connectivity index (χ4n) is 1.78. The molecule has 1 aromatic carbocycles. The molecule has 0 bridgehead atoms. The van der Waals surface area contributed by atoms with Gasteiger partial charge in [0, 0.05) is 11.6 Å². The molecule has 0 aliphatic heterocycles. The number of aromatic nitrogens is 1. The normalized spacial score (nSPS) is 10.8. The second-order valence-corrected chi connectivity index (χ2v) is 3.53. The average molecular weight is 211 g/mol. The van der Waals surface area contributed by atoms with Crippen LogP contribution in [-0.4, -0.2) is 10.5 Å². The Balaban J connectivity index is 2.16. The number of hydrogen-bond acceptors (Lipinski definition) is 2. The topological polar surface area (TPSA) is 35.1 Å². The first-order chi connectivity index (χ1) is 7.86. The summed E-state index contributed by atoms with van der Waals surface area (Å²) in [4.78, 5) is 12.1. The van der Waals surface area contributed by atoms with Gasteiger partial charge in [0.1, 0.15) is 0 Å². The largest absolute Gasteiger partial charge is 0.459 e. The highest BCUT2D eigenvalue weighted by atomic mass is 16.3. The monoisotopic (exact) mass is 211 g/mol. The van der Waals surface area contributed by atoms with E-state index in [9.17, 15) is 4.79 Å². The first kappa shape index (κ1) is 8.97. The van der Waals surface area contributed by atoms with Crippen molar-refractivity contribution in [2.75, 3.05) is 0 Å². The molecule has 0 spiro atoms. The molecular weight excluding hydrogens is 202 g/mol. The molecule has 78 valence electrons. The van der Waals surface area contributed by atoms with E-state index in [2.05, 4.69) is 0 Å². The summed E-state index contributed by atoms with van der Waals surface area (Å²) in [5, 5.41) is 1.04. The number of furan rings is 1. The summed E-state index contributed by atoms with van der Waals surface area (Å²) in [6, 6.07) is 13.0. The lowest BCUT2D eigenvalue weighted by molar-refractivity contribution is 0.0937. The minimum Gasteiger partial charge on any atom is -0.459 e. The van der Waals surface area contributed by atoms with Crippen LogP contribution < -0.4 is 0 Å². The van der Waals surface area contributed by atoms with Gasteiger partial charge in [-0.2, -0.15) is 0 Å². The molecule has 3 rings (SSSR count). The molecule has 2 aromatic heterocycles. The second-order valence-electron chi connectivity index (χ2n) is 3.53. The Morgan fingerprint density at radius 3 is 2.75 bits per heavy atom. The predicted octanol–water partition coefficient (Wildman–Crippen LogP) is 2.92. The highest BCUT2D eigenvalue weighted by Gasteiger charge is 2.12. The van der Waals surface area contributed by atoms with Crippen molar-refractivity contribution in [2.45, 2.75) is 0 Å². The molecule has 0 atom stereocenters. The molecule has 0 saturated carbocycles. The molecule has 0 unspecified atom stereocenters. The highest BCUT2D eigenvalue weighted by Crippen LogP contribution is 2.16. The molecule has 0 amide bonds. The van der Waals surface area contributed by atoms with Crippen LogP contribution in [0.25, 0.3) is 10.9 Å². The summed E-state index contributed by atoms with van der Waals surface area (Å²) in [6.07, 6.45) is 3.26. The summed E-state index contributed by atoms with van der Waals surface area (Å²) in [6.45, 7) is 0. The zero-order chi connectivity index (χ0) is 11.0. The van der Waals surface area contributed by atoms with Gasteiger partial charge in [0.05, 0.1) is 11.8 Å². The van der Waals surface area contributed by atoms with E-state index in [4.69, 9.17) is 4.42 Å². The van der Waals surface area contributed by atoms with Crippen LogP contribution >= 0.6 is 0 Å². The Hall–Kier alpha value is -2.29. The van der Waals surface area contributed by atoms with Crippen LogP contribution in [0, 0.1) is 0 Å². The van der Waals surface area contributed by atoms with E-state index in [1.54, 1.807) is 22.9 Å². The number of benzene rings is 1. The molecule has 0 saturated heterocycles.